The van der Waals surface area contributed by atoms with E-state index < -0.39 is 0 Å². The summed E-state index contributed by atoms with van der Waals surface area (Å²) in [6.07, 6.45) is 2.41. The van der Waals surface area contributed by atoms with Gasteiger partial charge in [-0.1, -0.05) is 55.5 Å². The highest BCUT2D eigenvalue weighted by Crippen LogP contribution is 2.40. The Hall–Kier alpha value is -1.76. The molecule has 18 heavy (non-hydrogen) atoms. The summed E-state index contributed by atoms with van der Waals surface area (Å²) in [5.74, 6) is 1.60. The second-order valence-corrected chi connectivity index (χ2v) is 4.90. The molecule has 0 saturated heterocycles. The van der Waals surface area contributed by atoms with Crippen LogP contribution in [0.1, 0.15) is 30.4 Å². The molecule has 1 aliphatic heterocycles. The van der Waals surface area contributed by atoms with E-state index in [4.69, 9.17) is 4.74 Å². The lowest BCUT2D eigenvalue weighted by atomic mass is 9.89. The molecule has 1 heterocycles. The van der Waals surface area contributed by atoms with Crippen molar-refractivity contribution in [1.29, 1.82) is 0 Å². The van der Waals surface area contributed by atoms with Gasteiger partial charge in [0.15, 0.2) is 0 Å². The number of benzene rings is 2. The quantitative estimate of drug-likeness (QED) is 0.779. The van der Waals surface area contributed by atoms with Gasteiger partial charge in [-0.2, -0.15) is 0 Å². The van der Waals surface area contributed by atoms with E-state index in [0.717, 1.165) is 18.6 Å². The molecule has 0 spiro atoms. The van der Waals surface area contributed by atoms with Crippen molar-refractivity contribution in [2.75, 3.05) is 0 Å². The normalized spacial score (nSPS) is 21.4. The van der Waals surface area contributed by atoms with E-state index in [2.05, 4.69) is 61.5 Å². The zero-order chi connectivity index (χ0) is 12.4. The van der Waals surface area contributed by atoms with E-state index in [9.17, 15) is 0 Å². The van der Waals surface area contributed by atoms with Crippen LogP contribution in [0.15, 0.2) is 54.6 Å². The molecule has 1 nitrogen and oxygen atoms in total. The summed E-state index contributed by atoms with van der Waals surface area (Å²) in [5, 5.41) is 0. The maximum atomic E-state index is 6.11. The molecule has 0 fully saturated rings. The summed E-state index contributed by atoms with van der Waals surface area (Å²) in [5.41, 5.74) is 2.73. The Morgan fingerprint density at radius 3 is 2.44 bits per heavy atom. The minimum Gasteiger partial charge on any atom is -0.489 e. The van der Waals surface area contributed by atoms with Gasteiger partial charge in [-0.3, -0.25) is 0 Å². The number of hydrogen-bond acceptors (Lipinski definition) is 1. The molecule has 2 atom stereocenters. The van der Waals surface area contributed by atoms with Crippen LogP contribution in [0.3, 0.4) is 0 Å². The Balaban J connectivity index is 1.83. The number of rotatable bonds is 3. The first-order valence-electron chi connectivity index (χ1n) is 6.68. The average molecular weight is 238 g/mol. The summed E-state index contributed by atoms with van der Waals surface area (Å²) >= 11 is 0. The molecular formula is C17H18O. The molecule has 2 aromatic rings. The van der Waals surface area contributed by atoms with Crippen molar-refractivity contribution in [2.45, 2.75) is 31.8 Å². The van der Waals surface area contributed by atoms with E-state index in [1.165, 1.54) is 11.1 Å². The number of hydrogen-bond donors (Lipinski definition) is 0. The molecule has 1 aliphatic rings. The number of ether oxygens (including phenoxy) is 1. The Morgan fingerprint density at radius 2 is 1.67 bits per heavy atom. The van der Waals surface area contributed by atoms with Crippen molar-refractivity contribution < 1.29 is 4.74 Å². The van der Waals surface area contributed by atoms with Gasteiger partial charge in [-0.15, -0.1) is 0 Å². The van der Waals surface area contributed by atoms with Crippen molar-refractivity contribution in [3.05, 3.63) is 65.7 Å². The Labute approximate surface area is 108 Å². The molecule has 0 saturated carbocycles. The van der Waals surface area contributed by atoms with Crippen LogP contribution in [0.5, 0.6) is 5.75 Å². The van der Waals surface area contributed by atoms with Crippen molar-refractivity contribution in [2.24, 2.45) is 0 Å². The van der Waals surface area contributed by atoms with Crippen molar-refractivity contribution in [1.82, 2.24) is 0 Å². The lowest BCUT2D eigenvalue weighted by Crippen LogP contribution is -2.21. The fraction of sp³-hybridized carbons (Fsp3) is 0.294. The predicted molar refractivity (Wildman–Crippen MR) is 74.0 cm³/mol. The van der Waals surface area contributed by atoms with E-state index in [1.807, 2.05) is 0 Å². The Kier molecular flexibility index (Phi) is 3.06. The third-order valence-electron chi connectivity index (χ3n) is 3.77. The lowest BCUT2D eigenvalue weighted by Gasteiger charge is -2.17. The topological polar surface area (TPSA) is 9.23 Å². The van der Waals surface area contributed by atoms with Gasteiger partial charge in [-0.05, 0) is 18.1 Å². The van der Waals surface area contributed by atoms with Gasteiger partial charge in [0.25, 0.3) is 0 Å². The molecule has 0 aliphatic carbocycles. The van der Waals surface area contributed by atoms with Crippen LogP contribution in [0, 0.1) is 0 Å². The van der Waals surface area contributed by atoms with Gasteiger partial charge < -0.3 is 4.74 Å². The van der Waals surface area contributed by atoms with Gasteiger partial charge in [0, 0.05) is 17.9 Å². The zero-order valence-electron chi connectivity index (χ0n) is 10.7. The standard InChI is InChI=1S/C17H18O/c1-2-14-15-10-6-7-11-16(15)18-17(14)12-13-8-4-3-5-9-13/h3-11,14,17H,2,12H2,1H3/t14-,17+/m0/s1. The van der Waals surface area contributed by atoms with Crippen molar-refractivity contribution in [3.63, 3.8) is 0 Å². The average Bonchev–Trinajstić information content (AvgIpc) is 2.77. The second kappa shape index (κ2) is 4.85. The Bertz CT molecular complexity index is 518. The lowest BCUT2D eigenvalue weighted by molar-refractivity contribution is 0.203. The van der Waals surface area contributed by atoms with E-state index in [0.29, 0.717) is 5.92 Å². The third-order valence-corrected chi connectivity index (χ3v) is 3.77. The summed E-state index contributed by atoms with van der Waals surface area (Å²) in [6.45, 7) is 2.24. The first-order chi connectivity index (χ1) is 8.88. The second-order valence-electron chi connectivity index (χ2n) is 4.90. The monoisotopic (exact) mass is 238 g/mol. The molecule has 0 unspecified atom stereocenters. The molecular weight excluding hydrogens is 220 g/mol. The summed E-state index contributed by atoms with van der Waals surface area (Å²) in [6, 6.07) is 19.1. The molecule has 2 aromatic carbocycles. The summed E-state index contributed by atoms with van der Waals surface area (Å²) in [7, 11) is 0. The van der Waals surface area contributed by atoms with Gasteiger partial charge in [0.1, 0.15) is 11.9 Å². The van der Waals surface area contributed by atoms with Crippen LogP contribution >= 0.6 is 0 Å². The van der Waals surface area contributed by atoms with E-state index in [-0.39, 0.29) is 6.10 Å². The van der Waals surface area contributed by atoms with Crippen LogP contribution in [-0.4, -0.2) is 6.10 Å². The highest BCUT2D eigenvalue weighted by atomic mass is 16.5. The van der Waals surface area contributed by atoms with E-state index >= 15 is 0 Å². The molecule has 0 bridgehead atoms. The molecule has 0 aromatic heterocycles. The minimum absolute atomic E-state index is 0.287. The Morgan fingerprint density at radius 1 is 0.944 bits per heavy atom. The van der Waals surface area contributed by atoms with Crippen LogP contribution in [-0.2, 0) is 6.42 Å². The number of fused-ring (bicyclic) bond motifs is 1. The van der Waals surface area contributed by atoms with Gasteiger partial charge in [-0.25, -0.2) is 0 Å². The highest BCUT2D eigenvalue weighted by Gasteiger charge is 2.32. The van der Waals surface area contributed by atoms with Crippen LogP contribution in [0.2, 0.25) is 0 Å². The first-order valence-corrected chi connectivity index (χ1v) is 6.68. The largest absolute Gasteiger partial charge is 0.489 e. The van der Waals surface area contributed by atoms with Gasteiger partial charge in [0.2, 0.25) is 0 Å². The molecule has 0 N–H and O–H groups in total. The van der Waals surface area contributed by atoms with Crippen LogP contribution in [0.4, 0.5) is 0 Å². The van der Waals surface area contributed by atoms with Gasteiger partial charge in [0.05, 0.1) is 0 Å². The van der Waals surface area contributed by atoms with Gasteiger partial charge >= 0.3 is 0 Å². The van der Waals surface area contributed by atoms with Crippen LogP contribution in [0.25, 0.3) is 0 Å². The maximum absolute atomic E-state index is 6.11. The number of para-hydroxylation sites is 1. The highest BCUT2D eigenvalue weighted by molar-refractivity contribution is 5.41. The van der Waals surface area contributed by atoms with E-state index in [1.54, 1.807) is 0 Å². The van der Waals surface area contributed by atoms with Crippen LogP contribution < -0.4 is 4.74 Å². The molecule has 3 rings (SSSR count). The maximum Gasteiger partial charge on any atom is 0.123 e. The fourth-order valence-electron chi connectivity index (χ4n) is 2.85. The predicted octanol–water partition coefficient (Wildman–Crippen LogP) is 4.18. The zero-order valence-corrected chi connectivity index (χ0v) is 10.7. The SMILES string of the molecule is CC[C@H]1c2ccccc2O[C@@H]1Cc1ccccc1. The summed E-state index contributed by atoms with van der Waals surface area (Å²) < 4.78 is 6.11. The molecule has 1 heteroatoms. The van der Waals surface area contributed by atoms with Crippen molar-refractivity contribution >= 4 is 0 Å². The molecule has 92 valence electrons. The fourth-order valence-corrected chi connectivity index (χ4v) is 2.85. The minimum atomic E-state index is 0.287. The summed E-state index contributed by atoms with van der Waals surface area (Å²) in [4.78, 5) is 0. The van der Waals surface area contributed by atoms with Crippen molar-refractivity contribution in [3.8, 4) is 5.75 Å². The molecule has 0 radical (unpaired) electrons. The third kappa shape index (κ3) is 2.01. The molecule has 0 amide bonds. The first kappa shape index (κ1) is 11.3. The smallest absolute Gasteiger partial charge is 0.123 e.